The normalized spacial score (nSPS) is 8.67. The fourth-order valence-electron chi connectivity index (χ4n) is 0.539. The summed E-state index contributed by atoms with van der Waals surface area (Å²) in [5.74, 6) is 0.00701. The molecule has 0 unspecified atom stereocenters. The molecule has 12 heavy (non-hydrogen) atoms. The lowest BCUT2D eigenvalue weighted by atomic mass is 10.4. The summed E-state index contributed by atoms with van der Waals surface area (Å²) in [6.07, 6.45) is 0. The number of nitriles is 1. The van der Waals surface area contributed by atoms with Gasteiger partial charge < -0.3 is 4.85 Å². The van der Waals surface area contributed by atoms with Crippen molar-refractivity contribution in [3.63, 3.8) is 0 Å². The third-order valence-corrected chi connectivity index (χ3v) is 2.65. The predicted octanol–water partition coefficient (Wildman–Crippen LogP) is 2.42. The van der Waals surface area contributed by atoms with Crippen LogP contribution in [-0.4, -0.2) is 9.97 Å². The highest BCUT2D eigenvalue weighted by molar-refractivity contribution is 9.13. The van der Waals surface area contributed by atoms with Crippen molar-refractivity contribution in [2.75, 3.05) is 0 Å². The third kappa shape index (κ3) is 1.60. The molecule has 4 nitrogen and oxygen atoms in total. The highest BCUT2D eigenvalue weighted by atomic mass is 79.9. The van der Waals surface area contributed by atoms with E-state index in [-0.39, 0.29) is 11.5 Å². The molecule has 6 heteroatoms. The summed E-state index contributed by atoms with van der Waals surface area (Å²) in [6, 6.07) is 1.78. The van der Waals surface area contributed by atoms with Crippen LogP contribution >= 0.6 is 31.9 Å². The average Bonchev–Trinajstić information content (AvgIpc) is 2.09. The van der Waals surface area contributed by atoms with Crippen LogP contribution in [0.5, 0.6) is 0 Å². The van der Waals surface area contributed by atoms with Gasteiger partial charge in [-0.3, -0.25) is 0 Å². The van der Waals surface area contributed by atoms with Crippen LogP contribution in [0.2, 0.25) is 0 Å². The first-order valence-corrected chi connectivity index (χ1v) is 4.28. The van der Waals surface area contributed by atoms with E-state index in [9.17, 15) is 0 Å². The van der Waals surface area contributed by atoms with Crippen molar-refractivity contribution >= 4 is 37.7 Å². The van der Waals surface area contributed by atoms with Crippen molar-refractivity contribution in [1.82, 2.24) is 9.97 Å². The summed E-state index contributed by atoms with van der Waals surface area (Å²) in [7, 11) is 0. The number of hydrogen-bond donors (Lipinski definition) is 0. The molecule has 0 aliphatic carbocycles. The first-order valence-electron chi connectivity index (χ1n) is 2.69. The maximum absolute atomic E-state index is 8.53. The minimum atomic E-state index is 0.00701. The molecule has 0 aromatic carbocycles. The van der Waals surface area contributed by atoms with Gasteiger partial charge in [0.05, 0.1) is 0 Å². The van der Waals surface area contributed by atoms with E-state index in [1.807, 2.05) is 0 Å². The molecule has 0 aliphatic rings. The molecule has 0 saturated carbocycles. The fraction of sp³-hybridized carbons (Fsp3) is 0. The van der Waals surface area contributed by atoms with Crippen LogP contribution in [0.1, 0.15) is 5.69 Å². The fourth-order valence-corrected chi connectivity index (χ4v) is 1.06. The Morgan fingerprint density at radius 3 is 2.42 bits per heavy atom. The van der Waals surface area contributed by atoms with Crippen LogP contribution in [0.25, 0.3) is 4.85 Å². The van der Waals surface area contributed by atoms with E-state index in [0.717, 1.165) is 0 Å². The minimum absolute atomic E-state index is 0.00701. The number of nitrogens with zero attached hydrogens (tertiary/aromatic N) is 4. The highest BCUT2D eigenvalue weighted by Gasteiger charge is 2.11. The van der Waals surface area contributed by atoms with Gasteiger partial charge in [0.15, 0.2) is 10.3 Å². The highest BCUT2D eigenvalue weighted by Crippen LogP contribution is 2.23. The van der Waals surface area contributed by atoms with Crippen molar-refractivity contribution in [1.29, 1.82) is 5.26 Å². The lowest BCUT2D eigenvalue weighted by Gasteiger charge is -1.93. The molecule has 0 atom stereocenters. The van der Waals surface area contributed by atoms with Gasteiger partial charge in [-0.2, -0.15) is 5.26 Å². The number of rotatable bonds is 0. The summed E-state index contributed by atoms with van der Waals surface area (Å²) >= 11 is 6.15. The molecular formula is C6Br2N4. The van der Waals surface area contributed by atoms with Crippen molar-refractivity contribution in [2.45, 2.75) is 0 Å². The zero-order chi connectivity index (χ0) is 9.14. The van der Waals surface area contributed by atoms with Gasteiger partial charge in [0, 0.05) is 15.9 Å². The molecule has 0 spiro atoms. The van der Waals surface area contributed by atoms with Crippen LogP contribution in [0, 0.1) is 17.9 Å². The van der Waals surface area contributed by atoms with E-state index in [0.29, 0.717) is 9.21 Å². The van der Waals surface area contributed by atoms with Gasteiger partial charge in [0.1, 0.15) is 6.07 Å². The van der Waals surface area contributed by atoms with Crippen molar-refractivity contribution in [2.24, 2.45) is 0 Å². The molecule has 1 heterocycles. The first kappa shape index (κ1) is 9.11. The number of halogens is 2. The standard InChI is InChI=1S/C6Br2N4/c1-10-6-3(2-9)11-4(7)5(8)12-6. The van der Waals surface area contributed by atoms with E-state index >= 15 is 0 Å². The number of aromatic nitrogens is 2. The van der Waals surface area contributed by atoms with E-state index in [1.165, 1.54) is 0 Å². The molecule has 0 amide bonds. The molecule has 0 radical (unpaired) electrons. The second-order valence-corrected chi connectivity index (χ2v) is 3.20. The number of hydrogen-bond acceptors (Lipinski definition) is 3. The van der Waals surface area contributed by atoms with Gasteiger partial charge in [0.25, 0.3) is 0 Å². The largest absolute Gasteiger partial charge is 0.358 e. The van der Waals surface area contributed by atoms with E-state index in [1.54, 1.807) is 6.07 Å². The predicted molar refractivity (Wildman–Crippen MR) is 48.4 cm³/mol. The van der Waals surface area contributed by atoms with Gasteiger partial charge in [0.2, 0.25) is 4.60 Å². The summed E-state index contributed by atoms with van der Waals surface area (Å²) in [4.78, 5) is 10.6. The maximum atomic E-state index is 8.53. The quantitative estimate of drug-likeness (QED) is 0.689. The Balaban J connectivity index is 3.44. The molecule has 1 aromatic heterocycles. The lowest BCUT2D eigenvalue weighted by Crippen LogP contribution is -1.89. The van der Waals surface area contributed by atoms with Crippen LogP contribution in [0.15, 0.2) is 9.21 Å². The zero-order valence-electron chi connectivity index (χ0n) is 5.54. The Bertz CT molecular complexity index is 362. The monoisotopic (exact) mass is 286 g/mol. The van der Waals surface area contributed by atoms with Gasteiger partial charge in [-0.15, -0.1) is 4.98 Å². The molecule has 58 valence electrons. The molecule has 0 saturated heterocycles. The van der Waals surface area contributed by atoms with Gasteiger partial charge in [-0.05, 0) is 15.9 Å². The summed E-state index contributed by atoms with van der Waals surface area (Å²) in [5.41, 5.74) is 0.0278. The Hall–Kier alpha value is -0.980. The Morgan fingerprint density at radius 1 is 1.33 bits per heavy atom. The van der Waals surface area contributed by atoms with E-state index in [2.05, 4.69) is 46.7 Å². The second kappa shape index (κ2) is 3.61. The van der Waals surface area contributed by atoms with E-state index in [4.69, 9.17) is 11.8 Å². The van der Waals surface area contributed by atoms with Crippen LogP contribution in [-0.2, 0) is 0 Å². The van der Waals surface area contributed by atoms with Crippen molar-refractivity contribution in [3.05, 3.63) is 26.3 Å². The maximum Gasteiger partial charge on any atom is 0.307 e. The van der Waals surface area contributed by atoms with E-state index < -0.39 is 0 Å². The zero-order valence-corrected chi connectivity index (χ0v) is 8.72. The molecule has 1 aromatic rings. The van der Waals surface area contributed by atoms with Crippen molar-refractivity contribution in [3.8, 4) is 6.07 Å². The summed E-state index contributed by atoms with van der Waals surface area (Å²) in [5, 5.41) is 8.53. The first-order chi connectivity index (χ1) is 5.69. The third-order valence-electron chi connectivity index (χ3n) is 1.01. The van der Waals surface area contributed by atoms with Crippen LogP contribution in [0.3, 0.4) is 0 Å². The molecular weight excluding hydrogens is 288 g/mol. The van der Waals surface area contributed by atoms with Gasteiger partial charge in [-0.1, -0.05) is 6.57 Å². The summed E-state index contributed by atoms with van der Waals surface area (Å²) < 4.78 is 0.846. The average molecular weight is 288 g/mol. The van der Waals surface area contributed by atoms with Crippen LogP contribution in [0.4, 0.5) is 5.82 Å². The van der Waals surface area contributed by atoms with Crippen molar-refractivity contribution < 1.29 is 0 Å². The Labute approximate surface area is 85.3 Å². The SMILES string of the molecule is [C-]#[N+]c1nc(Br)c(Br)nc1C#N. The molecule has 0 N–H and O–H groups in total. The molecule has 0 bridgehead atoms. The van der Waals surface area contributed by atoms with Gasteiger partial charge in [-0.25, -0.2) is 4.98 Å². The molecule has 0 aliphatic heterocycles. The second-order valence-electron chi connectivity index (χ2n) is 1.70. The lowest BCUT2D eigenvalue weighted by molar-refractivity contribution is 1.12. The summed E-state index contributed by atoms with van der Waals surface area (Å²) in [6.45, 7) is 6.69. The van der Waals surface area contributed by atoms with Crippen LogP contribution < -0.4 is 0 Å². The smallest absolute Gasteiger partial charge is 0.307 e. The topological polar surface area (TPSA) is 53.9 Å². The molecule has 0 fully saturated rings. The molecule has 1 rings (SSSR count). The Morgan fingerprint density at radius 2 is 1.92 bits per heavy atom. The minimum Gasteiger partial charge on any atom is -0.358 e. The Kier molecular flexibility index (Phi) is 2.74. The van der Waals surface area contributed by atoms with Gasteiger partial charge >= 0.3 is 5.82 Å².